The number of aliphatic hydroxyl groups is 1. The first-order chi connectivity index (χ1) is 12.1. The monoisotopic (exact) mass is 344 g/mol. The Balaban J connectivity index is 1.84. The van der Waals surface area contributed by atoms with Gasteiger partial charge in [0, 0.05) is 12.1 Å². The van der Waals surface area contributed by atoms with Gasteiger partial charge in [-0.2, -0.15) is 0 Å². The molecular weight excluding hydrogens is 320 g/mol. The molecule has 0 radical (unpaired) electrons. The van der Waals surface area contributed by atoms with Crippen LogP contribution in [0.5, 0.6) is 0 Å². The molecule has 1 aliphatic heterocycles. The molecule has 1 aromatic heterocycles. The van der Waals surface area contributed by atoms with Crippen molar-refractivity contribution in [3.8, 4) is 11.5 Å². The van der Waals surface area contributed by atoms with Crippen molar-refractivity contribution < 1.29 is 19.1 Å². The highest BCUT2D eigenvalue weighted by molar-refractivity contribution is 5.89. The first-order valence-corrected chi connectivity index (χ1v) is 8.71. The Hall–Kier alpha value is -2.18. The number of esters is 1. The molecule has 1 aliphatic rings. The zero-order valence-corrected chi connectivity index (χ0v) is 14.6. The van der Waals surface area contributed by atoms with Crippen molar-refractivity contribution in [1.29, 1.82) is 0 Å². The van der Waals surface area contributed by atoms with Crippen molar-refractivity contribution in [2.24, 2.45) is 5.92 Å². The van der Waals surface area contributed by atoms with Gasteiger partial charge in [0.1, 0.15) is 0 Å². The molecule has 0 amide bonds. The van der Waals surface area contributed by atoms with Crippen LogP contribution < -0.4 is 0 Å². The third kappa shape index (κ3) is 4.08. The molecule has 6 nitrogen and oxygen atoms in total. The number of hydrogen-bond donors (Lipinski definition) is 1. The Bertz CT molecular complexity index is 711. The zero-order valence-electron chi connectivity index (χ0n) is 14.6. The molecule has 2 atom stereocenters. The minimum absolute atomic E-state index is 0.237. The number of hydrogen-bond acceptors (Lipinski definition) is 6. The summed E-state index contributed by atoms with van der Waals surface area (Å²) in [7, 11) is 0. The second-order valence-electron chi connectivity index (χ2n) is 6.40. The van der Waals surface area contributed by atoms with Crippen LogP contribution >= 0.6 is 0 Å². The molecule has 1 saturated heterocycles. The molecule has 1 N–H and O–H groups in total. The van der Waals surface area contributed by atoms with Gasteiger partial charge < -0.3 is 14.3 Å². The number of oxazole rings is 1. The predicted octanol–water partition coefficient (Wildman–Crippen LogP) is 2.72. The van der Waals surface area contributed by atoms with Gasteiger partial charge in [-0.3, -0.25) is 4.90 Å². The first kappa shape index (κ1) is 17.6. The van der Waals surface area contributed by atoms with Gasteiger partial charge in [-0.25, -0.2) is 9.78 Å². The summed E-state index contributed by atoms with van der Waals surface area (Å²) in [6.07, 6.45) is 0.607. The molecule has 134 valence electrons. The van der Waals surface area contributed by atoms with E-state index in [-0.39, 0.29) is 17.7 Å². The lowest BCUT2D eigenvalue weighted by Crippen LogP contribution is -2.24. The Morgan fingerprint density at radius 2 is 2.20 bits per heavy atom. The lowest BCUT2D eigenvalue weighted by atomic mass is 10.0. The zero-order chi connectivity index (χ0) is 17.8. The number of carbonyl (C=O) groups is 1. The summed E-state index contributed by atoms with van der Waals surface area (Å²) in [6, 6.07) is 9.50. The molecule has 3 rings (SSSR count). The quantitative estimate of drug-likeness (QED) is 0.812. The van der Waals surface area contributed by atoms with Gasteiger partial charge in [-0.1, -0.05) is 18.2 Å². The van der Waals surface area contributed by atoms with Crippen molar-refractivity contribution in [3.05, 3.63) is 41.8 Å². The smallest absolute Gasteiger partial charge is 0.360 e. The number of rotatable bonds is 6. The maximum absolute atomic E-state index is 12.3. The summed E-state index contributed by atoms with van der Waals surface area (Å²) in [6.45, 7) is 6.00. The average molecular weight is 344 g/mol. The van der Waals surface area contributed by atoms with Crippen LogP contribution in [0.1, 0.15) is 36.5 Å². The van der Waals surface area contributed by atoms with Crippen molar-refractivity contribution in [1.82, 2.24) is 9.88 Å². The Labute approximate surface area is 147 Å². The van der Waals surface area contributed by atoms with Crippen molar-refractivity contribution in [2.45, 2.75) is 32.9 Å². The highest BCUT2D eigenvalue weighted by atomic mass is 16.5. The molecular formula is C19H24N2O4. The van der Waals surface area contributed by atoms with Crippen molar-refractivity contribution >= 4 is 5.97 Å². The molecule has 6 heteroatoms. The number of nitrogens with zero attached hydrogens (tertiary/aromatic N) is 2. The maximum Gasteiger partial charge on any atom is 0.360 e. The summed E-state index contributed by atoms with van der Waals surface area (Å²) in [5, 5.41) is 9.77. The van der Waals surface area contributed by atoms with E-state index in [9.17, 15) is 9.90 Å². The third-order valence-electron chi connectivity index (χ3n) is 4.55. The Morgan fingerprint density at radius 1 is 1.44 bits per heavy atom. The van der Waals surface area contributed by atoms with E-state index in [1.165, 1.54) is 0 Å². The molecule has 0 aliphatic carbocycles. The van der Waals surface area contributed by atoms with E-state index in [2.05, 4.69) is 9.88 Å². The molecule has 0 saturated carbocycles. The normalized spacial score (nSPS) is 19.1. The van der Waals surface area contributed by atoms with E-state index < -0.39 is 5.97 Å². The average Bonchev–Trinajstić information content (AvgIpc) is 3.24. The number of ether oxygens (including phenoxy) is 1. The fourth-order valence-electron chi connectivity index (χ4n) is 3.13. The minimum Gasteiger partial charge on any atom is -0.461 e. The van der Waals surface area contributed by atoms with E-state index in [0.29, 0.717) is 24.8 Å². The highest BCUT2D eigenvalue weighted by Gasteiger charge is 2.29. The van der Waals surface area contributed by atoms with Crippen LogP contribution in [0.4, 0.5) is 0 Å². The lowest BCUT2D eigenvalue weighted by Gasteiger charge is -2.16. The first-order valence-electron chi connectivity index (χ1n) is 8.71. The van der Waals surface area contributed by atoms with Crippen LogP contribution in [0.25, 0.3) is 11.5 Å². The van der Waals surface area contributed by atoms with Gasteiger partial charge in [0.15, 0.2) is 11.5 Å². The standard InChI is InChI=1S/C19H24N2O4/c1-3-24-19(23)17-16(12-21-10-9-15(11-21)13(2)22)25-18(20-17)14-7-5-4-6-8-14/h4-8,13,15,22H,3,9-12H2,1-2H3. The van der Waals surface area contributed by atoms with Gasteiger partial charge in [0.25, 0.3) is 0 Å². The maximum atomic E-state index is 12.3. The molecule has 1 aromatic carbocycles. The lowest BCUT2D eigenvalue weighted by molar-refractivity contribution is 0.0515. The highest BCUT2D eigenvalue weighted by Crippen LogP contribution is 2.26. The van der Waals surface area contributed by atoms with Gasteiger partial charge in [-0.15, -0.1) is 0 Å². The van der Waals surface area contributed by atoms with Crippen LogP contribution in [-0.4, -0.2) is 46.8 Å². The molecule has 0 spiro atoms. The Kier molecular flexibility index (Phi) is 5.50. The number of likely N-dealkylation sites (tertiary alicyclic amines) is 1. The molecule has 1 fully saturated rings. The minimum atomic E-state index is -0.463. The number of carbonyl (C=O) groups excluding carboxylic acids is 1. The molecule has 2 heterocycles. The largest absolute Gasteiger partial charge is 0.461 e. The van der Waals surface area contributed by atoms with Crippen molar-refractivity contribution in [2.75, 3.05) is 19.7 Å². The number of aromatic nitrogens is 1. The van der Waals surface area contributed by atoms with Crippen LogP contribution in [0, 0.1) is 5.92 Å². The number of benzene rings is 1. The Morgan fingerprint density at radius 3 is 2.84 bits per heavy atom. The molecule has 0 bridgehead atoms. The fourth-order valence-corrected chi connectivity index (χ4v) is 3.13. The van der Waals surface area contributed by atoms with Crippen LogP contribution in [0.2, 0.25) is 0 Å². The summed E-state index contributed by atoms with van der Waals surface area (Å²) >= 11 is 0. The van der Waals surface area contributed by atoms with Crippen LogP contribution in [0.15, 0.2) is 34.7 Å². The topological polar surface area (TPSA) is 75.8 Å². The second kappa shape index (κ2) is 7.80. The van der Waals surface area contributed by atoms with Crippen LogP contribution in [-0.2, 0) is 11.3 Å². The summed E-state index contributed by atoms with van der Waals surface area (Å²) in [4.78, 5) is 18.8. The SMILES string of the molecule is CCOC(=O)c1nc(-c2ccccc2)oc1CN1CCC(C(C)O)C1. The van der Waals surface area contributed by atoms with E-state index in [4.69, 9.17) is 9.15 Å². The van der Waals surface area contributed by atoms with E-state index in [1.807, 2.05) is 37.3 Å². The second-order valence-corrected chi connectivity index (χ2v) is 6.40. The molecule has 2 aromatic rings. The summed E-state index contributed by atoms with van der Waals surface area (Å²) in [5.74, 6) is 0.728. The van der Waals surface area contributed by atoms with Crippen molar-refractivity contribution in [3.63, 3.8) is 0 Å². The van der Waals surface area contributed by atoms with Crippen LogP contribution in [0.3, 0.4) is 0 Å². The fraction of sp³-hybridized carbons (Fsp3) is 0.474. The summed E-state index contributed by atoms with van der Waals surface area (Å²) < 4.78 is 11.0. The van der Waals surface area contributed by atoms with Gasteiger partial charge in [-0.05, 0) is 44.9 Å². The molecule has 2 unspecified atom stereocenters. The number of aliphatic hydroxyl groups excluding tert-OH is 1. The third-order valence-corrected chi connectivity index (χ3v) is 4.55. The van der Waals surface area contributed by atoms with E-state index in [1.54, 1.807) is 6.92 Å². The van der Waals surface area contributed by atoms with Gasteiger partial charge >= 0.3 is 5.97 Å². The van der Waals surface area contributed by atoms with Gasteiger partial charge in [0.05, 0.1) is 19.3 Å². The van der Waals surface area contributed by atoms with E-state index >= 15 is 0 Å². The van der Waals surface area contributed by atoms with Gasteiger partial charge in [0.2, 0.25) is 5.89 Å². The molecule has 25 heavy (non-hydrogen) atoms. The van der Waals surface area contributed by atoms with E-state index in [0.717, 1.165) is 25.1 Å². The predicted molar refractivity (Wildman–Crippen MR) is 93.0 cm³/mol. The summed E-state index contributed by atoms with van der Waals surface area (Å²) in [5.41, 5.74) is 1.06.